The Morgan fingerprint density at radius 2 is 2.12 bits per heavy atom. The van der Waals surface area contributed by atoms with Crippen molar-refractivity contribution in [2.24, 2.45) is 0 Å². The first-order chi connectivity index (χ1) is 12.2. The molecule has 0 radical (unpaired) electrons. The standard InChI is InChI=1S/C16H16ClN3O6/c1-9(2)19(7-14-18-13(8-26-14)16(22)25-3)15(21)11-5-4-10(20(23)24)6-12(11)17/h4-6,8-9H,7H2,1-3H3. The molecule has 26 heavy (non-hydrogen) atoms. The molecule has 0 fully saturated rings. The number of nitro groups is 1. The molecule has 0 saturated heterocycles. The van der Waals surface area contributed by atoms with E-state index in [1.165, 1.54) is 24.1 Å². The fourth-order valence-corrected chi connectivity index (χ4v) is 2.42. The summed E-state index contributed by atoms with van der Waals surface area (Å²) in [4.78, 5) is 39.8. The molecule has 0 aliphatic rings. The smallest absolute Gasteiger partial charge is 0.360 e. The van der Waals surface area contributed by atoms with Crippen molar-refractivity contribution in [1.29, 1.82) is 0 Å². The summed E-state index contributed by atoms with van der Waals surface area (Å²) in [6, 6.07) is 3.38. The van der Waals surface area contributed by atoms with Crippen molar-refractivity contribution in [2.75, 3.05) is 7.11 Å². The molecule has 9 nitrogen and oxygen atoms in total. The average molecular weight is 382 g/mol. The van der Waals surface area contributed by atoms with Gasteiger partial charge in [-0.1, -0.05) is 11.6 Å². The van der Waals surface area contributed by atoms with Gasteiger partial charge >= 0.3 is 5.97 Å². The summed E-state index contributed by atoms with van der Waals surface area (Å²) in [6.07, 6.45) is 1.14. The van der Waals surface area contributed by atoms with Crippen LogP contribution in [0.5, 0.6) is 0 Å². The van der Waals surface area contributed by atoms with Crippen LogP contribution < -0.4 is 0 Å². The Morgan fingerprint density at radius 1 is 1.42 bits per heavy atom. The first kappa shape index (κ1) is 19.4. The minimum Gasteiger partial charge on any atom is -0.464 e. The maximum absolute atomic E-state index is 12.8. The number of carbonyl (C=O) groups is 2. The predicted molar refractivity (Wildman–Crippen MR) is 91.0 cm³/mol. The van der Waals surface area contributed by atoms with Crippen LogP contribution in [0.15, 0.2) is 28.9 Å². The molecule has 2 rings (SSSR count). The van der Waals surface area contributed by atoms with Gasteiger partial charge in [-0.25, -0.2) is 9.78 Å². The second-order valence-corrected chi connectivity index (χ2v) is 5.97. The second kappa shape index (κ2) is 7.96. The fourth-order valence-electron chi connectivity index (χ4n) is 2.16. The van der Waals surface area contributed by atoms with E-state index in [-0.39, 0.29) is 40.4 Å². The number of ether oxygens (including phenoxy) is 1. The van der Waals surface area contributed by atoms with Crippen molar-refractivity contribution in [3.05, 3.63) is 56.7 Å². The molecule has 1 aromatic heterocycles. The number of methoxy groups -OCH3 is 1. The summed E-state index contributed by atoms with van der Waals surface area (Å²) in [5, 5.41) is 10.8. The lowest BCUT2D eigenvalue weighted by Crippen LogP contribution is -2.36. The third-order valence-corrected chi connectivity index (χ3v) is 3.84. The Morgan fingerprint density at radius 3 is 2.65 bits per heavy atom. The number of hydrogen-bond donors (Lipinski definition) is 0. The Labute approximate surface area is 153 Å². The summed E-state index contributed by atoms with van der Waals surface area (Å²) >= 11 is 6.03. The molecule has 0 atom stereocenters. The fraction of sp³-hybridized carbons (Fsp3) is 0.312. The van der Waals surface area contributed by atoms with E-state index in [2.05, 4.69) is 9.72 Å². The number of carbonyl (C=O) groups excluding carboxylic acids is 2. The number of non-ortho nitro benzene ring substituents is 1. The van der Waals surface area contributed by atoms with E-state index in [9.17, 15) is 19.7 Å². The van der Waals surface area contributed by atoms with Crippen LogP contribution >= 0.6 is 11.6 Å². The van der Waals surface area contributed by atoms with Gasteiger partial charge in [-0.15, -0.1) is 0 Å². The zero-order chi connectivity index (χ0) is 19.4. The van der Waals surface area contributed by atoms with Crippen LogP contribution in [0, 0.1) is 10.1 Å². The quantitative estimate of drug-likeness (QED) is 0.428. The zero-order valence-corrected chi connectivity index (χ0v) is 15.0. The van der Waals surface area contributed by atoms with Gasteiger partial charge in [0.15, 0.2) is 5.69 Å². The number of benzene rings is 1. The lowest BCUT2D eigenvalue weighted by atomic mass is 10.1. The summed E-state index contributed by atoms with van der Waals surface area (Å²) < 4.78 is 9.76. The highest BCUT2D eigenvalue weighted by atomic mass is 35.5. The van der Waals surface area contributed by atoms with Crippen LogP contribution in [0.25, 0.3) is 0 Å². The first-order valence-electron chi connectivity index (χ1n) is 7.52. The van der Waals surface area contributed by atoms with Crippen LogP contribution in [-0.4, -0.2) is 39.8 Å². The largest absolute Gasteiger partial charge is 0.464 e. The maximum Gasteiger partial charge on any atom is 0.360 e. The van der Waals surface area contributed by atoms with Gasteiger partial charge in [-0.3, -0.25) is 14.9 Å². The van der Waals surface area contributed by atoms with Gasteiger partial charge in [0.25, 0.3) is 11.6 Å². The van der Waals surface area contributed by atoms with Crippen molar-refractivity contribution in [1.82, 2.24) is 9.88 Å². The predicted octanol–water partition coefficient (Wildman–Crippen LogP) is 3.07. The molecule has 0 spiro atoms. The molecule has 0 N–H and O–H groups in total. The molecular weight excluding hydrogens is 366 g/mol. The molecule has 0 saturated carbocycles. The van der Waals surface area contributed by atoms with Gasteiger partial charge in [0.1, 0.15) is 6.26 Å². The summed E-state index contributed by atoms with van der Waals surface area (Å²) in [5.74, 6) is -0.955. The number of nitro benzene ring substituents is 1. The number of halogens is 1. The lowest BCUT2D eigenvalue weighted by Gasteiger charge is -2.25. The number of hydrogen-bond acceptors (Lipinski definition) is 7. The number of aromatic nitrogens is 1. The van der Waals surface area contributed by atoms with Gasteiger partial charge in [-0.2, -0.15) is 0 Å². The summed E-state index contributed by atoms with van der Waals surface area (Å²) in [6.45, 7) is 3.55. The molecular formula is C16H16ClN3O6. The highest BCUT2D eigenvalue weighted by Gasteiger charge is 2.25. The number of amides is 1. The first-order valence-corrected chi connectivity index (χ1v) is 7.90. The van der Waals surface area contributed by atoms with E-state index in [1.807, 2.05) is 0 Å². The zero-order valence-electron chi connectivity index (χ0n) is 14.3. The second-order valence-electron chi connectivity index (χ2n) is 5.57. The van der Waals surface area contributed by atoms with E-state index in [4.69, 9.17) is 16.0 Å². The number of rotatable bonds is 6. The maximum atomic E-state index is 12.8. The molecule has 138 valence electrons. The number of esters is 1. The summed E-state index contributed by atoms with van der Waals surface area (Å²) in [5.41, 5.74) is -0.101. The monoisotopic (exact) mass is 381 g/mol. The molecule has 1 heterocycles. The van der Waals surface area contributed by atoms with Gasteiger partial charge in [-0.05, 0) is 19.9 Å². The van der Waals surface area contributed by atoms with Crippen LogP contribution in [0.1, 0.15) is 40.6 Å². The molecule has 1 aromatic carbocycles. The van der Waals surface area contributed by atoms with Crippen molar-refractivity contribution in [3.63, 3.8) is 0 Å². The average Bonchev–Trinajstić information content (AvgIpc) is 3.06. The SMILES string of the molecule is COC(=O)c1coc(CN(C(=O)c2ccc([N+](=O)[O-])cc2Cl)C(C)C)n1. The Balaban J connectivity index is 2.26. The Bertz CT molecular complexity index is 848. The molecule has 2 aromatic rings. The van der Waals surface area contributed by atoms with Crippen LogP contribution in [-0.2, 0) is 11.3 Å². The topological polar surface area (TPSA) is 116 Å². The molecule has 0 unspecified atom stereocenters. The summed E-state index contributed by atoms with van der Waals surface area (Å²) in [7, 11) is 1.22. The number of nitrogens with zero attached hydrogens (tertiary/aromatic N) is 3. The van der Waals surface area contributed by atoms with Crippen LogP contribution in [0.4, 0.5) is 5.69 Å². The molecule has 0 aliphatic carbocycles. The molecule has 1 amide bonds. The minimum atomic E-state index is -0.652. The number of oxazole rings is 1. The molecule has 0 bridgehead atoms. The Kier molecular flexibility index (Phi) is 5.93. The highest BCUT2D eigenvalue weighted by Crippen LogP contribution is 2.25. The lowest BCUT2D eigenvalue weighted by molar-refractivity contribution is -0.384. The van der Waals surface area contributed by atoms with Gasteiger partial charge in [0.05, 0.1) is 29.2 Å². The minimum absolute atomic E-state index is 0.00739. The van der Waals surface area contributed by atoms with Crippen molar-refractivity contribution < 1.29 is 23.7 Å². The Hall–Kier alpha value is -2.94. The van der Waals surface area contributed by atoms with E-state index in [0.717, 1.165) is 12.3 Å². The van der Waals surface area contributed by atoms with E-state index in [1.54, 1.807) is 13.8 Å². The van der Waals surface area contributed by atoms with Gasteiger partial charge in [0.2, 0.25) is 5.89 Å². The van der Waals surface area contributed by atoms with Crippen LogP contribution in [0.3, 0.4) is 0 Å². The molecule has 10 heteroatoms. The van der Waals surface area contributed by atoms with Gasteiger partial charge < -0.3 is 14.1 Å². The molecule has 0 aliphatic heterocycles. The van der Waals surface area contributed by atoms with Gasteiger partial charge in [0, 0.05) is 18.2 Å². The highest BCUT2D eigenvalue weighted by molar-refractivity contribution is 6.34. The van der Waals surface area contributed by atoms with Crippen LogP contribution in [0.2, 0.25) is 5.02 Å². The van der Waals surface area contributed by atoms with Crippen molar-refractivity contribution in [2.45, 2.75) is 26.4 Å². The van der Waals surface area contributed by atoms with Crippen molar-refractivity contribution in [3.8, 4) is 0 Å². The third-order valence-electron chi connectivity index (χ3n) is 3.53. The van der Waals surface area contributed by atoms with Crippen molar-refractivity contribution >= 4 is 29.2 Å². The third kappa shape index (κ3) is 4.17. The van der Waals surface area contributed by atoms with E-state index in [0.29, 0.717) is 0 Å². The van der Waals surface area contributed by atoms with E-state index >= 15 is 0 Å². The normalized spacial score (nSPS) is 10.7. The van der Waals surface area contributed by atoms with E-state index < -0.39 is 16.8 Å².